The van der Waals surface area contributed by atoms with Crippen LogP contribution >= 0.6 is 34.7 Å². The zero-order chi connectivity index (χ0) is 12.0. The summed E-state index contributed by atoms with van der Waals surface area (Å²) in [5.74, 6) is 0.804. The number of nitrogens with two attached hydrogens (primary N) is 1. The highest BCUT2D eigenvalue weighted by atomic mass is 35.5. The molecule has 1 atom stereocenters. The summed E-state index contributed by atoms with van der Waals surface area (Å²) in [5, 5.41) is 2.80. The van der Waals surface area contributed by atoms with Crippen molar-refractivity contribution in [1.29, 1.82) is 0 Å². The van der Waals surface area contributed by atoms with Crippen LogP contribution in [-0.2, 0) is 11.3 Å². The molecule has 90 valence electrons. The SMILES string of the molecule is CSCCC(N)C(=O)NCc1ccc(Cl)s1. The van der Waals surface area contributed by atoms with E-state index < -0.39 is 6.04 Å². The molecule has 0 aliphatic heterocycles. The van der Waals surface area contributed by atoms with Crippen molar-refractivity contribution in [3.05, 3.63) is 21.3 Å². The number of hydrogen-bond donors (Lipinski definition) is 2. The predicted molar refractivity (Wildman–Crippen MR) is 72.2 cm³/mol. The molecule has 16 heavy (non-hydrogen) atoms. The molecule has 3 N–H and O–H groups in total. The molecule has 0 aliphatic rings. The summed E-state index contributed by atoms with van der Waals surface area (Å²) in [5.41, 5.74) is 5.72. The topological polar surface area (TPSA) is 55.1 Å². The molecular weight excluding hydrogens is 264 g/mol. The van der Waals surface area contributed by atoms with Crippen LogP contribution in [0.25, 0.3) is 0 Å². The summed E-state index contributed by atoms with van der Waals surface area (Å²) in [7, 11) is 0. The van der Waals surface area contributed by atoms with Crippen LogP contribution < -0.4 is 11.1 Å². The highest BCUT2D eigenvalue weighted by Gasteiger charge is 2.12. The first-order chi connectivity index (χ1) is 7.63. The standard InChI is InChI=1S/C10H15ClN2OS2/c1-15-5-4-8(12)10(14)13-6-7-2-3-9(11)16-7/h2-3,8H,4-6,12H2,1H3,(H,13,14). The van der Waals surface area contributed by atoms with Gasteiger partial charge in [-0.1, -0.05) is 11.6 Å². The summed E-state index contributed by atoms with van der Waals surface area (Å²) < 4.78 is 0.732. The second-order valence-electron chi connectivity index (χ2n) is 3.31. The molecular formula is C10H15ClN2OS2. The van der Waals surface area contributed by atoms with Crippen molar-refractivity contribution in [2.75, 3.05) is 12.0 Å². The van der Waals surface area contributed by atoms with Gasteiger partial charge in [0.05, 0.1) is 16.9 Å². The quantitative estimate of drug-likeness (QED) is 0.838. The Balaban J connectivity index is 2.29. The van der Waals surface area contributed by atoms with E-state index in [4.69, 9.17) is 17.3 Å². The molecule has 0 saturated carbocycles. The average Bonchev–Trinajstić information content (AvgIpc) is 2.68. The van der Waals surface area contributed by atoms with Gasteiger partial charge >= 0.3 is 0 Å². The van der Waals surface area contributed by atoms with Gasteiger partial charge in [0.2, 0.25) is 5.91 Å². The fourth-order valence-corrected chi connectivity index (χ4v) is 2.64. The molecule has 1 rings (SSSR count). The minimum Gasteiger partial charge on any atom is -0.350 e. The largest absolute Gasteiger partial charge is 0.350 e. The summed E-state index contributed by atoms with van der Waals surface area (Å²) in [6, 6.07) is 3.31. The van der Waals surface area contributed by atoms with Gasteiger partial charge in [-0.2, -0.15) is 11.8 Å². The van der Waals surface area contributed by atoms with Crippen LogP contribution in [0.3, 0.4) is 0 Å². The Hall–Kier alpha value is -0.230. The lowest BCUT2D eigenvalue weighted by atomic mass is 10.2. The van der Waals surface area contributed by atoms with Crippen molar-refractivity contribution in [3.8, 4) is 0 Å². The van der Waals surface area contributed by atoms with E-state index in [-0.39, 0.29) is 5.91 Å². The minimum atomic E-state index is -0.414. The first-order valence-electron chi connectivity index (χ1n) is 4.90. The minimum absolute atomic E-state index is 0.0985. The van der Waals surface area contributed by atoms with Crippen molar-refractivity contribution >= 4 is 40.6 Å². The van der Waals surface area contributed by atoms with Gasteiger partial charge in [-0.15, -0.1) is 11.3 Å². The number of hydrogen-bond acceptors (Lipinski definition) is 4. The van der Waals surface area contributed by atoms with E-state index in [2.05, 4.69) is 5.32 Å². The first kappa shape index (κ1) is 13.8. The summed E-state index contributed by atoms with van der Waals surface area (Å²) in [6.07, 6.45) is 2.70. The number of halogens is 1. The number of thiophene rings is 1. The van der Waals surface area contributed by atoms with Gasteiger partial charge in [-0.05, 0) is 30.6 Å². The molecule has 0 aromatic carbocycles. The molecule has 0 radical (unpaired) electrons. The molecule has 0 spiro atoms. The lowest BCUT2D eigenvalue weighted by Gasteiger charge is -2.10. The molecule has 1 unspecified atom stereocenters. The molecule has 0 aliphatic carbocycles. The Morgan fingerprint density at radius 2 is 2.44 bits per heavy atom. The average molecular weight is 279 g/mol. The maximum Gasteiger partial charge on any atom is 0.237 e. The zero-order valence-corrected chi connectivity index (χ0v) is 11.4. The van der Waals surface area contributed by atoms with Crippen LogP contribution in [0, 0.1) is 0 Å². The summed E-state index contributed by atoms with van der Waals surface area (Å²) in [4.78, 5) is 12.6. The molecule has 0 saturated heterocycles. The Kier molecular flexibility index (Phi) is 6.20. The Morgan fingerprint density at radius 1 is 1.69 bits per heavy atom. The van der Waals surface area contributed by atoms with E-state index in [1.165, 1.54) is 11.3 Å². The molecule has 6 heteroatoms. The highest BCUT2D eigenvalue weighted by molar-refractivity contribution is 7.98. The second kappa shape index (κ2) is 7.17. The van der Waals surface area contributed by atoms with E-state index in [9.17, 15) is 4.79 Å². The Bertz CT molecular complexity index is 343. The van der Waals surface area contributed by atoms with Crippen molar-refractivity contribution < 1.29 is 4.79 Å². The van der Waals surface area contributed by atoms with Crippen LogP contribution in [0.4, 0.5) is 0 Å². The third kappa shape index (κ3) is 4.74. The van der Waals surface area contributed by atoms with Crippen LogP contribution in [0.5, 0.6) is 0 Å². The lowest BCUT2D eigenvalue weighted by Crippen LogP contribution is -2.40. The number of carbonyl (C=O) groups is 1. The summed E-state index contributed by atoms with van der Waals surface area (Å²) in [6.45, 7) is 0.503. The third-order valence-electron chi connectivity index (χ3n) is 2.04. The van der Waals surface area contributed by atoms with E-state index in [0.29, 0.717) is 13.0 Å². The van der Waals surface area contributed by atoms with Crippen molar-refractivity contribution in [1.82, 2.24) is 5.32 Å². The smallest absolute Gasteiger partial charge is 0.237 e. The predicted octanol–water partition coefficient (Wildman–Crippen LogP) is 2.10. The molecule has 1 aromatic heterocycles. The van der Waals surface area contributed by atoms with Crippen molar-refractivity contribution in [2.24, 2.45) is 5.73 Å². The van der Waals surface area contributed by atoms with Crippen LogP contribution in [0.15, 0.2) is 12.1 Å². The van der Waals surface area contributed by atoms with Gasteiger partial charge in [-0.3, -0.25) is 4.79 Å². The van der Waals surface area contributed by atoms with Gasteiger partial charge < -0.3 is 11.1 Å². The first-order valence-corrected chi connectivity index (χ1v) is 7.48. The molecule has 3 nitrogen and oxygen atoms in total. The molecule has 1 aromatic rings. The van der Waals surface area contributed by atoms with Crippen molar-refractivity contribution in [2.45, 2.75) is 19.0 Å². The number of carbonyl (C=O) groups excluding carboxylic acids is 1. The third-order valence-corrected chi connectivity index (χ3v) is 3.91. The van der Waals surface area contributed by atoms with E-state index in [0.717, 1.165) is 15.0 Å². The Morgan fingerprint density at radius 3 is 3.00 bits per heavy atom. The molecule has 0 bridgehead atoms. The fourth-order valence-electron chi connectivity index (χ4n) is 1.13. The van der Waals surface area contributed by atoms with E-state index in [1.54, 1.807) is 11.8 Å². The highest BCUT2D eigenvalue weighted by Crippen LogP contribution is 2.20. The maximum atomic E-state index is 11.6. The Labute approximate surface area is 109 Å². The van der Waals surface area contributed by atoms with E-state index >= 15 is 0 Å². The van der Waals surface area contributed by atoms with Crippen LogP contribution in [0.1, 0.15) is 11.3 Å². The number of rotatable bonds is 6. The lowest BCUT2D eigenvalue weighted by molar-refractivity contribution is -0.122. The number of amides is 1. The monoisotopic (exact) mass is 278 g/mol. The molecule has 1 heterocycles. The van der Waals surface area contributed by atoms with Gasteiger partial charge in [0, 0.05) is 4.88 Å². The number of nitrogens with one attached hydrogen (secondary N) is 1. The van der Waals surface area contributed by atoms with Crippen LogP contribution in [0.2, 0.25) is 4.34 Å². The van der Waals surface area contributed by atoms with E-state index in [1.807, 2.05) is 18.4 Å². The van der Waals surface area contributed by atoms with Gasteiger partial charge in [0.15, 0.2) is 0 Å². The number of thioether (sulfide) groups is 1. The molecule has 1 amide bonds. The van der Waals surface area contributed by atoms with Gasteiger partial charge in [-0.25, -0.2) is 0 Å². The van der Waals surface area contributed by atoms with Crippen LogP contribution in [-0.4, -0.2) is 24.0 Å². The second-order valence-corrected chi connectivity index (χ2v) is 6.10. The zero-order valence-electron chi connectivity index (χ0n) is 9.03. The fraction of sp³-hybridized carbons (Fsp3) is 0.500. The summed E-state index contributed by atoms with van der Waals surface area (Å²) >= 11 is 8.94. The van der Waals surface area contributed by atoms with Gasteiger partial charge in [0.25, 0.3) is 0 Å². The molecule has 0 fully saturated rings. The normalized spacial score (nSPS) is 12.4. The van der Waals surface area contributed by atoms with Gasteiger partial charge in [0.1, 0.15) is 0 Å². The maximum absolute atomic E-state index is 11.6. The van der Waals surface area contributed by atoms with Crippen molar-refractivity contribution in [3.63, 3.8) is 0 Å².